The van der Waals surface area contributed by atoms with Gasteiger partial charge in [-0.3, -0.25) is 14.9 Å². The van der Waals surface area contributed by atoms with E-state index >= 15 is 0 Å². The number of fused-ring (bicyclic) bond motifs is 1. The number of imide groups is 2. The fraction of sp³-hybridized carbons (Fsp3) is 0.100. The summed E-state index contributed by atoms with van der Waals surface area (Å²) < 4.78 is 6.13. The molecule has 1 fully saturated rings. The fourth-order valence-electron chi connectivity index (χ4n) is 4.24. The molecule has 1 N–H and O–H groups in total. The van der Waals surface area contributed by atoms with Crippen molar-refractivity contribution in [1.29, 1.82) is 0 Å². The summed E-state index contributed by atoms with van der Waals surface area (Å²) in [6.45, 7) is 2.21. The number of aryl methyl sites for hydroxylation is 1. The van der Waals surface area contributed by atoms with Crippen molar-refractivity contribution in [3.8, 4) is 5.75 Å². The topological polar surface area (TPSA) is 75.7 Å². The molecule has 4 amide bonds. The predicted octanol–water partition coefficient (Wildman–Crippen LogP) is 6.30. The molecule has 4 aromatic carbocycles. The van der Waals surface area contributed by atoms with Crippen LogP contribution in [0.4, 0.5) is 10.5 Å². The molecule has 0 saturated carbocycles. The third kappa shape index (κ3) is 4.84. The molecule has 37 heavy (non-hydrogen) atoms. The Labute approximate surface area is 219 Å². The number of barbiturate groups is 1. The number of hydrogen-bond donors (Lipinski definition) is 1. The molecule has 5 rings (SSSR count). The van der Waals surface area contributed by atoms with Crippen molar-refractivity contribution in [3.63, 3.8) is 0 Å². The Kier molecular flexibility index (Phi) is 6.75. The van der Waals surface area contributed by atoms with Gasteiger partial charge in [0.05, 0.1) is 5.69 Å². The maximum atomic E-state index is 13.5. The number of amides is 4. The van der Waals surface area contributed by atoms with E-state index in [2.05, 4.69) is 5.32 Å². The Morgan fingerprint density at radius 1 is 0.892 bits per heavy atom. The first-order valence-electron chi connectivity index (χ1n) is 11.8. The monoisotopic (exact) mass is 510 g/mol. The van der Waals surface area contributed by atoms with Gasteiger partial charge in [-0.15, -0.1) is 0 Å². The van der Waals surface area contributed by atoms with Crippen molar-refractivity contribution in [1.82, 2.24) is 5.32 Å². The van der Waals surface area contributed by atoms with E-state index in [0.29, 0.717) is 22.0 Å². The maximum Gasteiger partial charge on any atom is 0.335 e. The second-order valence-electron chi connectivity index (χ2n) is 8.56. The molecular formula is C30H23ClN2O4. The number of carbonyl (C=O) groups is 3. The molecule has 0 unspecified atom stereocenters. The lowest BCUT2D eigenvalue weighted by Gasteiger charge is -2.26. The van der Waals surface area contributed by atoms with E-state index in [0.717, 1.165) is 33.2 Å². The molecule has 0 aliphatic carbocycles. The highest BCUT2D eigenvalue weighted by atomic mass is 35.5. The van der Waals surface area contributed by atoms with Crippen LogP contribution in [0.5, 0.6) is 5.75 Å². The smallest absolute Gasteiger partial charge is 0.335 e. The average molecular weight is 511 g/mol. The number of ether oxygens (including phenoxy) is 1. The van der Waals surface area contributed by atoms with E-state index in [9.17, 15) is 14.4 Å². The zero-order valence-corrected chi connectivity index (χ0v) is 20.8. The highest BCUT2D eigenvalue weighted by molar-refractivity contribution is 6.39. The average Bonchev–Trinajstić information content (AvgIpc) is 2.91. The number of hydrogen-bond acceptors (Lipinski definition) is 4. The summed E-state index contributed by atoms with van der Waals surface area (Å²) >= 11 is 6.30. The van der Waals surface area contributed by atoms with Crippen LogP contribution in [0.2, 0.25) is 5.02 Å². The summed E-state index contributed by atoms with van der Waals surface area (Å²) in [4.78, 5) is 40.0. The largest absolute Gasteiger partial charge is 0.488 e. The molecule has 0 bridgehead atoms. The number of halogens is 1. The van der Waals surface area contributed by atoms with Crippen molar-refractivity contribution >= 4 is 52.0 Å². The second kappa shape index (κ2) is 10.3. The van der Waals surface area contributed by atoms with Gasteiger partial charge in [-0.25, -0.2) is 9.69 Å². The van der Waals surface area contributed by atoms with Crippen LogP contribution >= 0.6 is 11.6 Å². The predicted molar refractivity (Wildman–Crippen MR) is 145 cm³/mol. The van der Waals surface area contributed by atoms with Gasteiger partial charge < -0.3 is 4.74 Å². The van der Waals surface area contributed by atoms with Crippen LogP contribution in [-0.2, 0) is 22.6 Å². The summed E-state index contributed by atoms with van der Waals surface area (Å²) in [5.74, 6) is -0.994. The Bertz CT molecular complexity index is 1560. The first kappa shape index (κ1) is 24.3. The fourth-order valence-corrected chi connectivity index (χ4v) is 4.43. The van der Waals surface area contributed by atoms with Gasteiger partial charge in [0.1, 0.15) is 17.9 Å². The highest BCUT2D eigenvalue weighted by Crippen LogP contribution is 2.33. The van der Waals surface area contributed by atoms with Gasteiger partial charge in [-0.2, -0.15) is 0 Å². The van der Waals surface area contributed by atoms with Crippen molar-refractivity contribution < 1.29 is 19.1 Å². The lowest BCUT2D eigenvalue weighted by molar-refractivity contribution is -0.122. The molecule has 0 spiro atoms. The molecule has 0 atom stereocenters. The minimum atomic E-state index is -0.787. The second-order valence-corrected chi connectivity index (χ2v) is 8.96. The van der Waals surface area contributed by atoms with E-state index in [-0.39, 0.29) is 12.2 Å². The maximum absolute atomic E-state index is 13.5. The standard InChI is InChI=1S/C30H23ClN2O4/c1-2-19-11-14-22(15-12-19)33-29(35)25(28(34)32-30(33)36)17-24-23-9-5-3-7-20(23)13-16-27(24)37-18-21-8-4-6-10-26(21)31/h3-17H,2,18H2,1H3,(H,32,34,36)/b25-17+. The minimum Gasteiger partial charge on any atom is -0.488 e. The van der Waals surface area contributed by atoms with E-state index in [4.69, 9.17) is 16.3 Å². The van der Waals surface area contributed by atoms with E-state index in [1.807, 2.05) is 67.6 Å². The first-order chi connectivity index (χ1) is 18.0. The van der Waals surface area contributed by atoms with E-state index in [1.165, 1.54) is 6.08 Å². The summed E-state index contributed by atoms with van der Waals surface area (Å²) in [5.41, 5.74) is 2.63. The molecule has 6 nitrogen and oxygen atoms in total. The van der Waals surface area contributed by atoms with Crippen molar-refractivity contribution in [2.45, 2.75) is 20.0 Å². The van der Waals surface area contributed by atoms with Gasteiger partial charge in [-0.1, -0.05) is 79.2 Å². The number of anilines is 1. The molecule has 0 aromatic heterocycles. The quantitative estimate of drug-likeness (QED) is 0.244. The van der Waals surface area contributed by atoms with Crippen LogP contribution in [0.15, 0.2) is 90.5 Å². The molecule has 4 aromatic rings. The third-order valence-corrected chi connectivity index (χ3v) is 6.63. The molecule has 1 heterocycles. The lowest BCUT2D eigenvalue weighted by atomic mass is 9.99. The van der Waals surface area contributed by atoms with Crippen LogP contribution in [-0.4, -0.2) is 17.8 Å². The zero-order chi connectivity index (χ0) is 25.9. The van der Waals surface area contributed by atoms with Gasteiger partial charge in [0.2, 0.25) is 0 Å². The highest BCUT2D eigenvalue weighted by Gasteiger charge is 2.37. The third-order valence-electron chi connectivity index (χ3n) is 6.26. The Morgan fingerprint density at radius 3 is 2.38 bits per heavy atom. The van der Waals surface area contributed by atoms with Crippen molar-refractivity contribution in [2.75, 3.05) is 4.90 Å². The van der Waals surface area contributed by atoms with Gasteiger partial charge in [0, 0.05) is 16.1 Å². The zero-order valence-electron chi connectivity index (χ0n) is 20.0. The van der Waals surface area contributed by atoms with Gasteiger partial charge in [0.15, 0.2) is 0 Å². The Morgan fingerprint density at radius 2 is 1.62 bits per heavy atom. The van der Waals surface area contributed by atoms with Crippen LogP contribution in [0, 0.1) is 0 Å². The molecule has 7 heteroatoms. The number of carbonyl (C=O) groups excluding carboxylic acids is 3. The van der Waals surface area contributed by atoms with Crippen LogP contribution in [0.3, 0.4) is 0 Å². The van der Waals surface area contributed by atoms with Crippen LogP contribution in [0.25, 0.3) is 16.8 Å². The number of nitrogens with one attached hydrogen (secondary N) is 1. The Hall–Kier alpha value is -4.42. The number of nitrogens with zero attached hydrogens (tertiary/aromatic N) is 1. The number of rotatable bonds is 6. The Balaban J connectivity index is 1.57. The summed E-state index contributed by atoms with van der Waals surface area (Å²) in [6, 6.07) is 25.0. The van der Waals surface area contributed by atoms with Gasteiger partial charge in [0.25, 0.3) is 11.8 Å². The SMILES string of the molecule is CCc1ccc(N2C(=O)NC(=O)/C(=C\c3c(OCc4ccccc4Cl)ccc4ccccc34)C2=O)cc1. The molecule has 1 saturated heterocycles. The normalized spacial score (nSPS) is 14.8. The van der Waals surface area contributed by atoms with Crippen LogP contribution < -0.4 is 15.0 Å². The molecule has 1 aliphatic rings. The van der Waals surface area contributed by atoms with Crippen molar-refractivity contribution in [3.05, 3.63) is 112 Å². The van der Waals surface area contributed by atoms with Gasteiger partial charge >= 0.3 is 6.03 Å². The minimum absolute atomic E-state index is 0.168. The molecule has 1 aliphatic heterocycles. The van der Waals surface area contributed by atoms with Crippen molar-refractivity contribution in [2.24, 2.45) is 0 Å². The first-order valence-corrected chi connectivity index (χ1v) is 12.2. The lowest BCUT2D eigenvalue weighted by Crippen LogP contribution is -2.54. The summed E-state index contributed by atoms with van der Waals surface area (Å²) in [6.07, 6.45) is 2.31. The summed E-state index contributed by atoms with van der Waals surface area (Å²) in [5, 5.41) is 4.57. The summed E-state index contributed by atoms with van der Waals surface area (Å²) in [7, 11) is 0. The number of urea groups is 1. The van der Waals surface area contributed by atoms with E-state index < -0.39 is 17.8 Å². The van der Waals surface area contributed by atoms with Gasteiger partial charge in [-0.05, 0) is 53.1 Å². The number of benzene rings is 4. The molecule has 0 radical (unpaired) electrons. The van der Waals surface area contributed by atoms with Crippen LogP contribution in [0.1, 0.15) is 23.6 Å². The van der Waals surface area contributed by atoms with E-state index in [1.54, 1.807) is 24.3 Å². The molecule has 184 valence electrons. The molecular weight excluding hydrogens is 488 g/mol.